The van der Waals surface area contributed by atoms with Crippen molar-refractivity contribution in [3.8, 4) is 0 Å². The zero-order valence-electron chi connectivity index (χ0n) is 14.7. The fourth-order valence-electron chi connectivity index (χ4n) is 2.99. The summed E-state index contributed by atoms with van der Waals surface area (Å²) in [4.78, 5) is 12.0. The molecule has 1 N–H and O–H groups in total. The summed E-state index contributed by atoms with van der Waals surface area (Å²) in [6, 6.07) is 0. The van der Waals surface area contributed by atoms with E-state index in [0.717, 1.165) is 15.8 Å². The summed E-state index contributed by atoms with van der Waals surface area (Å²) in [5.74, 6) is -0.105. The molecule has 120 valence electrons. The molecular formula is C16H34GeO3. The maximum atomic E-state index is 12.0. The Hall–Kier alpha value is -0.0271. The molecule has 0 spiro atoms. The van der Waals surface area contributed by atoms with Crippen LogP contribution in [0, 0.1) is 11.3 Å². The molecule has 0 aromatic carbocycles. The van der Waals surface area contributed by atoms with E-state index >= 15 is 0 Å². The first kappa shape index (κ1) is 20.0. The molecule has 4 heteroatoms. The van der Waals surface area contributed by atoms with Crippen molar-refractivity contribution in [2.24, 2.45) is 11.3 Å². The average Bonchev–Trinajstić information content (AvgIpc) is 2.37. The van der Waals surface area contributed by atoms with Crippen molar-refractivity contribution >= 4 is 19.2 Å². The van der Waals surface area contributed by atoms with E-state index in [1.807, 2.05) is 34.6 Å². The van der Waals surface area contributed by atoms with E-state index in [2.05, 4.69) is 20.8 Å². The van der Waals surface area contributed by atoms with E-state index in [1.165, 1.54) is 0 Å². The van der Waals surface area contributed by atoms with Crippen molar-refractivity contribution in [1.29, 1.82) is 0 Å². The minimum absolute atomic E-state index is 0.120. The molecule has 0 aliphatic rings. The molecule has 0 aromatic heterocycles. The van der Waals surface area contributed by atoms with E-state index < -0.39 is 23.1 Å². The molecule has 0 aromatic rings. The molecule has 1 unspecified atom stereocenters. The van der Waals surface area contributed by atoms with Gasteiger partial charge in [-0.05, 0) is 0 Å². The van der Waals surface area contributed by atoms with E-state index in [1.54, 1.807) is 0 Å². The third-order valence-corrected chi connectivity index (χ3v) is 18.8. The molecule has 0 radical (unpaired) electrons. The van der Waals surface area contributed by atoms with Gasteiger partial charge >= 0.3 is 127 Å². The fraction of sp³-hybridized carbons (Fsp3) is 0.938. The van der Waals surface area contributed by atoms with Gasteiger partial charge < -0.3 is 0 Å². The van der Waals surface area contributed by atoms with Crippen LogP contribution in [0.3, 0.4) is 0 Å². The van der Waals surface area contributed by atoms with Crippen molar-refractivity contribution in [1.82, 2.24) is 0 Å². The van der Waals surface area contributed by atoms with Crippen LogP contribution in [0.15, 0.2) is 0 Å². The van der Waals surface area contributed by atoms with Crippen molar-refractivity contribution in [2.45, 2.75) is 75.6 Å². The number of aliphatic hydroxyl groups is 1. The van der Waals surface area contributed by atoms with E-state index in [9.17, 15) is 9.90 Å². The predicted octanol–water partition coefficient (Wildman–Crippen LogP) is 4.01. The molecule has 20 heavy (non-hydrogen) atoms. The topological polar surface area (TPSA) is 46.5 Å². The number of esters is 1. The first-order chi connectivity index (χ1) is 9.00. The van der Waals surface area contributed by atoms with Gasteiger partial charge in [0.1, 0.15) is 0 Å². The molecule has 0 bridgehead atoms. The number of ether oxygens (including phenoxy) is 1. The third kappa shape index (κ3) is 4.00. The quantitative estimate of drug-likeness (QED) is 0.559. The normalized spacial score (nSPS) is 16.1. The van der Waals surface area contributed by atoms with Gasteiger partial charge in [0.2, 0.25) is 0 Å². The summed E-state index contributed by atoms with van der Waals surface area (Å²) in [5.41, 5.74) is -0.516. The summed E-state index contributed by atoms with van der Waals surface area (Å²) in [5, 5.41) is 14.5. The van der Waals surface area contributed by atoms with Gasteiger partial charge in [-0.25, -0.2) is 0 Å². The Kier molecular flexibility index (Phi) is 7.29. The zero-order valence-corrected chi connectivity index (χ0v) is 16.8. The Labute approximate surface area is 127 Å². The summed E-state index contributed by atoms with van der Waals surface area (Å²) in [6.07, 6.45) is 0. The number of rotatable bonds is 7. The van der Waals surface area contributed by atoms with Crippen LogP contribution in [-0.4, -0.2) is 35.4 Å². The molecule has 3 nitrogen and oxygen atoms in total. The van der Waals surface area contributed by atoms with Crippen molar-refractivity contribution in [3.63, 3.8) is 0 Å². The maximum absolute atomic E-state index is 12.0. The molecule has 0 saturated heterocycles. The average molecular weight is 347 g/mol. The van der Waals surface area contributed by atoms with Gasteiger partial charge in [0.25, 0.3) is 0 Å². The van der Waals surface area contributed by atoms with Crippen molar-refractivity contribution in [3.05, 3.63) is 0 Å². The van der Waals surface area contributed by atoms with Crippen LogP contribution in [0.4, 0.5) is 0 Å². The van der Waals surface area contributed by atoms with Crippen LogP contribution in [0.2, 0.25) is 15.8 Å². The van der Waals surface area contributed by atoms with E-state index in [0.29, 0.717) is 0 Å². The second kappa shape index (κ2) is 7.30. The van der Waals surface area contributed by atoms with Gasteiger partial charge in [-0.3, -0.25) is 0 Å². The van der Waals surface area contributed by atoms with Gasteiger partial charge in [0.15, 0.2) is 0 Å². The Morgan fingerprint density at radius 3 is 1.75 bits per heavy atom. The Bertz CT molecular complexity index is 308. The molecule has 0 fully saturated rings. The molecule has 0 aliphatic carbocycles. The van der Waals surface area contributed by atoms with Gasteiger partial charge in [0.05, 0.1) is 0 Å². The van der Waals surface area contributed by atoms with Gasteiger partial charge in [0, 0.05) is 0 Å². The van der Waals surface area contributed by atoms with E-state index in [4.69, 9.17) is 4.74 Å². The SMILES string of the molecule is C[CH2][Ge]([CH2]C)([CH2]C)[C](O)(COC(=O)C(C)(C)C)C(C)C. The standard InChI is InChI=1S/C16H34GeO3/c1-9-17(10-2,11-3)16(19,13(4)5)12-20-14(18)15(6,7)8/h13,19H,9-12H2,1-8H3. The van der Waals surface area contributed by atoms with Crippen LogP contribution in [0.25, 0.3) is 0 Å². The molecule has 0 saturated carbocycles. The van der Waals surface area contributed by atoms with Crippen LogP contribution in [-0.2, 0) is 9.53 Å². The second-order valence-corrected chi connectivity index (χ2v) is 18.9. The molecule has 0 amide bonds. The Morgan fingerprint density at radius 1 is 1.10 bits per heavy atom. The number of hydrogen-bond donors (Lipinski definition) is 1. The molecule has 0 heterocycles. The van der Waals surface area contributed by atoms with Crippen LogP contribution >= 0.6 is 0 Å². The zero-order chi connectivity index (χ0) is 16.2. The van der Waals surface area contributed by atoms with Crippen LogP contribution < -0.4 is 0 Å². The monoisotopic (exact) mass is 348 g/mol. The molecule has 1 atom stereocenters. The first-order valence-corrected chi connectivity index (χ1v) is 13.4. The summed E-state index contributed by atoms with van der Waals surface area (Å²) in [7, 11) is 0. The second-order valence-electron chi connectivity index (χ2n) is 7.25. The van der Waals surface area contributed by atoms with E-state index in [-0.39, 0.29) is 18.5 Å². The molecule has 0 aliphatic heterocycles. The van der Waals surface area contributed by atoms with Gasteiger partial charge in [-0.1, -0.05) is 0 Å². The summed E-state index contributed by atoms with van der Waals surface area (Å²) >= 11 is -2.47. The fourth-order valence-corrected chi connectivity index (χ4v) is 13.4. The van der Waals surface area contributed by atoms with Crippen molar-refractivity contribution < 1.29 is 14.6 Å². The van der Waals surface area contributed by atoms with Gasteiger partial charge in [-0.15, -0.1) is 0 Å². The van der Waals surface area contributed by atoms with Crippen LogP contribution in [0.5, 0.6) is 0 Å². The molecule has 0 rings (SSSR count). The first-order valence-electron chi connectivity index (χ1n) is 7.90. The number of carbonyl (C=O) groups excluding carboxylic acids is 1. The summed E-state index contributed by atoms with van der Waals surface area (Å²) < 4.78 is 4.71. The minimum atomic E-state index is -2.47. The number of carbonyl (C=O) groups is 1. The van der Waals surface area contributed by atoms with Gasteiger partial charge in [-0.2, -0.15) is 0 Å². The van der Waals surface area contributed by atoms with Crippen LogP contribution in [0.1, 0.15) is 55.4 Å². The summed E-state index contributed by atoms with van der Waals surface area (Å²) in [6.45, 7) is 16.4. The number of hydrogen-bond acceptors (Lipinski definition) is 3. The Morgan fingerprint density at radius 2 is 1.50 bits per heavy atom. The predicted molar refractivity (Wildman–Crippen MR) is 87.4 cm³/mol. The van der Waals surface area contributed by atoms with Crippen molar-refractivity contribution in [2.75, 3.05) is 6.61 Å². The third-order valence-electron chi connectivity index (χ3n) is 4.94. The Balaban J connectivity index is 5.27. The molecular weight excluding hydrogens is 313 g/mol.